The molecular weight excluding hydrogens is 403 g/mol. The van der Waals surface area contributed by atoms with Crippen molar-refractivity contribution in [3.63, 3.8) is 0 Å². The second-order valence-corrected chi connectivity index (χ2v) is 8.55. The number of hydrogen-bond acceptors (Lipinski definition) is 4. The van der Waals surface area contributed by atoms with Crippen molar-refractivity contribution in [3.05, 3.63) is 81.7 Å². The number of furan rings is 1. The molecule has 1 aromatic carbocycles. The van der Waals surface area contributed by atoms with Gasteiger partial charge in [0.1, 0.15) is 12.4 Å². The van der Waals surface area contributed by atoms with Gasteiger partial charge in [0.25, 0.3) is 5.91 Å². The Hall–Kier alpha value is -2.93. The molecule has 7 heteroatoms. The first-order valence-corrected chi connectivity index (χ1v) is 10.8. The van der Waals surface area contributed by atoms with Gasteiger partial charge in [0.15, 0.2) is 5.76 Å². The number of aryl methyl sites for hydroxylation is 1. The third kappa shape index (κ3) is 4.79. The lowest BCUT2D eigenvalue weighted by molar-refractivity contribution is -0.133. The minimum Gasteiger partial charge on any atom is -0.459 e. The summed E-state index contributed by atoms with van der Waals surface area (Å²) < 4.78 is 18.6. The molecule has 1 fully saturated rings. The number of hydrogen-bond donors (Lipinski definition) is 0. The van der Waals surface area contributed by atoms with Gasteiger partial charge in [-0.2, -0.15) is 0 Å². The van der Waals surface area contributed by atoms with Crippen LogP contribution in [0.3, 0.4) is 0 Å². The van der Waals surface area contributed by atoms with Gasteiger partial charge >= 0.3 is 0 Å². The molecule has 3 aromatic rings. The van der Waals surface area contributed by atoms with E-state index in [0.717, 1.165) is 28.8 Å². The third-order valence-electron chi connectivity index (χ3n) is 5.23. The molecule has 0 saturated heterocycles. The second-order valence-electron chi connectivity index (χ2n) is 7.54. The molecule has 30 heavy (non-hydrogen) atoms. The average Bonchev–Trinajstić information content (AvgIpc) is 3.26. The van der Waals surface area contributed by atoms with E-state index in [1.54, 1.807) is 45.4 Å². The van der Waals surface area contributed by atoms with E-state index in [4.69, 9.17) is 4.42 Å². The summed E-state index contributed by atoms with van der Waals surface area (Å²) in [5, 5.41) is 2.00. The summed E-state index contributed by atoms with van der Waals surface area (Å²) in [7, 11) is 0. The molecule has 156 valence electrons. The van der Waals surface area contributed by atoms with Crippen LogP contribution in [0.1, 0.15) is 39.4 Å². The second kappa shape index (κ2) is 8.83. The Morgan fingerprint density at radius 3 is 2.50 bits per heavy atom. The first-order chi connectivity index (χ1) is 14.5. The van der Waals surface area contributed by atoms with E-state index in [2.05, 4.69) is 0 Å². The van der Waals surface area contributed by atoms with Crippen molar-refractivity contribution in [2.75, 3.05) is 6.54 Å². The molecule has 0 aliphatic heterocycles. The molecule has 0 atom stereocenters. The zero-order valence-electron chi connectivity index (χ0n) is 16.7. The standard InChI is InChI=1S/C23H23FN2O3S/c1-16-10-12-30-21(16)14-25(13-17-4-6-18(24)7-5-17)22(27)15-26(19-8-9-19)23(28)20-3-2-11-29-20/h2-7,10-12,19H,8-9,13-15H2,1H3. The molecule has 2 aromatic heterocycles. The van der Waals surface area contributed by atoms with Gasteiger partial charge in [-0.25, -0.2) is 4.39 Å². The van der Waals surface area contributed by atoms with Gasteiger partial charge in [-0.05, 0) is 66.6 Å². The van der Waals surface area contributed by atoms with Crippen molar-refractivity contribution >= 4 is 23.2 Å². The van der Waals surface area contributed by atoms with Crippen molar-refractivity contribution in [2.45, 2.75) is 38.9 Å². The molecule has 5 nitrogen and oxygen atoms in total. The van der Waals surface area contributed by atoms with Gasteiger partial charge in [-0.15, -0.1) is 11.3 Å². The lowest BCUT2D eigenvalue weighted by atomic mass is 10.2. The van der Waals surface area contributed by atoms with Gasteiger partial charge in [0.2, 0.25) is 5.91 Å². The molecule has 0 unspecified atom stereocenters. The first-order valence-electron chi connectivity index (χ1n) is 9.91. The summed E-state index contributed by atoms with van der Waals surface area (Å²) >= 11 is 1.60. The molecule has 1 aliphatic carbocycles. The number of carbonyl (C=O) groups is 2. The summed E-state index contributed by atoms with van der Waals surface area (Å²) in [4.78, 5) is 30.6. The van der Waals surface area contributed by atoms with Crippen LogP contribution >= 0.6 is 11.3 Å². The van der Waals surface area contributed by atoms with E-state index in [9.17, 15) is 14.0 Å². The summed E-state index contributed by atoms with van der Waals surface area (Å²) in [6, 6.07) is 11.5. The van der Waals surface area contributed by atoms with Crippen molar-refractivity contribution in [1.82, 2.24) is 9.80 Å². The van der Waals surface area contributed by atoms with Crippen molar-refractivity contribution in [3.8, 4) is 0 Å². The Bertz CT molecular complexity index is 1010. The van der Waals surface area contributed by atoms with Crippen LogP contribution in [-0.2, 0) is 17.9 Å². The zero-order chi connectivity index (χ0) is 21.1. The fourth-order valence-electron chi connectivity index (χ4n) is 3.32. The Labute approximate surface area is 178 Å². The summed E-state index contributed by atoms with van der Waals surface area (Å²) in [5.74, 6) is -0.465. The van der Waals surface area contributed by atoms with Crippen LogP contribution in [0.5, 0.6) is 0 Å². The van der Waals surface area contributed by atoms with Gasteiger partial charge in [-0.3, -0.25) is 9.59 Å². The maximum Gasteiger partial charge on any atom is 0.290 e. The smallest absolute Gasteiger partial charge is 0.290 e. The summed E-state index contributed by atoms with van der Waals surface area (Å²) in [6.45, 7) is 2.82. The largest absolute Gasteiger partial charge is 0.459 e. The summed E-state index contributed by atoms with van der Waals surface area (Å²) in [6.07, 6.45) is 3.24. The molecule has 1 saturated carbocycles. The van der Waals surface area contributed by atoms with E-state index in [1.807, 2.05) is 18.4 Å². The van der Waals surface area contributed by atoms with Crippen molar-refractivity contribution < 1.29 is 18.4 Å². The zero-order valence-corrected chi connectivity index (χ0v) is 17.5. The molecule has 0 N–H and O–H groups in total. The molecule has 2 amide bonds. The lowest BCUT2D eigenvalue weighted by Gasteiger charge is -2.27. The van der Waals surface area contributed by atoms with Crippen LogP contribution in [0.25, 0.3) is 0 Å². The van der Waals surface area contributed by atoms with E-state index in [0.29, 0.717) is 13.1 Å². The molecule has 1 aliphatic rings. The predicted molar refractivity (Wildman–Crippen MR) is 112 cm³/mol. The fourth-order valence-corrected chi connectivity index (χ4v) is 4.24. The van der Waals surface area contributed by atoms with E-state index < -0.39 is 0 Å². The fraction of sp³-hybridized carbons (Fsp3) is 0.304. The Kier molecular flexibility index (Phi) is 5.99. The van der Waals surface area contributed by atoms with Gasteiger partial charge in [-0.1, -0.05) is 12.1 Å². The highest BCUT2D eigenvalue weighted by Crippen LogP contribution is 2.29. The van der Waals surface area contributed by atoms with Crippen LogP contribution in [0, 0.1) is 12.7 Å². The molecule has 0 bridgehead atoms. The highest BCUT2D eigenvalue weighted by atomic mass is 32.1. The maximum absolute atomic E-state index is 13.3. The normalized spacial score (nSPS) is 13.3. The molecule has 0 spiro atoms. The first kappa shape index (κ1) is 20.3. The molecular formula is C23H23FN2O3S. The van der Waals surface area contributed by atoms with Gasteiger partial charge in [0.05, 0.1) is 12.8 Å². The van der Waals surface area contributed by atoms with Crippen LogP contribution in [-0.4, -0.2) is 34.2 Å². The van der Waals surface area contributed by atoms with E-state index >= 15 is 0 Å². The van der Waals surface area contributed by atoms with Gasteiger partial charge in [0, 0.05) is 17.5 Å². The Morgan fingerprint density at radius 1 is 1.13 bits per heavy atom. The Balaban J connectivity index is 1.53. The topological polar surface area (TPSA) is 53.8 Å². The number of benzene rings is 1. The molecule has 0 radical (unpaired) electrons. The SMILES string of the molecule is Cc1ccsc1CN(Cc1ccc(F)cc1)C(=O)CN(C(=O)c1ccco1)C1CC1. The molecule has 2 heterocycles. The number of halogens is 1. The monoisotopic (exact) mass is 426 g/mol. The van der Waals surface area contributed by atoms with Crippen LogP contribution in [0.15, 0.2) is 58.5 Å². The van der Waals surface area contributed by atoms with Crippen LogP contribution in [0.2, 0.25) is 0 Å². The summed E-state index contributed by atoms with van der Waals surface area (Å²) in [5.41, 5.74) is 1.97. The number of carbonyl (C=O) groups excluding carboxylic acids is 2. The highest BCUT2D eigenvalue weighted by molar-refractivity contribution is 7.10. The number of rotatable bonds is 8. The maximum atomic E-state index is 13.3. The van der Waals surface area contributed by atoms with Crippen LogP contribution in [0.4, 0.5) is 4.39 Å². The molecule has 4 rings (SSSR count). The van der Waals surface area contributed by atoms with Crippen LogP contribution < -0.4 is 0 Å². The Morgan fingerprint density at radius 2 is 1.90 bits per heavy atom. The minimum absolute atomic E-state index is 0.00415. The quantitative estimate of drug-likeness (QED) is 0.528. The highest BCUT2D eigenvalue weighted by Gasteiger charge is 2.36. The third-order valence-corrected chi connectivity index (χ3v) is 6.24. The number of thiophene rings is 1. The van der Waals surface area contributed by atoms with Crippen molar-refractivity contribution in [1.29, 1.82) is 0 Å². The van der Waals surface area contributed by atoms with Crippen molar-refractivity contribution in [2.24, 2.45) is 0 Å². The minimum atomic E-state index is -0.310. The number of nitrogens with zero attached hydrogens (tertiary/aromatic N) is 2. The predicted octanol–water partition coefficient (Wildman–Crippen LogP) is 4.62. The lowest BCUT2D eigenvalue weighted by Crippen LogP contribution is -2.43. The van der Waals surface area contributed by atoms with E-state index in [1.165, 1.54) is 18.4 Å². The number of amides is 2. The van der Waals surface area contributed by atoms with E-state index in [-0.39, 0.29) is 36.0 Å². The van der Waals surface area contributed by atoms with Gasteiger partial charge < -0.3 is 14.2 Å². The average molecular weight is 427 g/mol.